The molecule has 0 heterocycles. The predicted molar refractivity (Wildman–Crippen MR) is 63.5 cm³/mol. The molecule has 1 aliphatic carbocycles. The van der Waals surface area contributed by atoms with E-state index in [1.807, 2.05) is 0 Å². The highest BCUT2D eigenvalue weighted by molar-refractivity contribution is 5.69. The maximum Gasteiger partial charge on any atom is 0.115 e. The van der Waals surface area contributed by atoms with Gasteiger partial charge in [0.1, 0.15) is 5.76 Å². The highest BCUT2D eigenvalue weighted by Gasteiger charge is 2.07. The van der Waals surface area contributed by atoms with Crippen LogP contribution in [-0.4, -0.2) is 7.11 Å². The maximum atomic E-state index is 5.26. The third kappa shape index (κ3) is 2.30. The summed E-state index contributed by atoms with van der Waals surface area (Å²) < 4.78 is 5.26. The van der Waals surface area contributed by atoms with Gasteiger partial charge in [-0.05, 0) is 43.1 Å². The zero-order valence-corrected chi connectivity index (χ0v) is 9.29. The first-order valence-electron chi connectivity index (χ1n) is 5.31. The van der Waals surface area contributed by atoms with Crippen molar-refractivity contribution >= 4 is 5.57 Å². The van der Waals surface area contributed by atoms with Crippen molar-refractivity contribution in [3.05, 3.63) is 53.3 Å². The van der Waals surface area contributed by atoms with Gasteiger partial charge in [-0.25, -0.2) is 0 Å². The summed E-state index contributed by atoms with van der Waals surface area (Å²) in [4.78, 5) is 0. The molecule has 0 fully saturated rings. The fourth-order valence-corrected chi connectivity index (χ4v) is 1.89. The molecule has 1 aliphatic rings. The van der Waals surface area contributed by atoms with Gasteiger partial charge < -0.3 is 4.74 Å². The molecular formula is C14H16O. The number of ether oxygens (including phenoxy) is 1. The molecule has 1 nitrogen and oxygen atoms in total. The van der Waals surface area contributed by atoms with Gasteiger partial charge in [-0.3, -0.25) is 0 Å². The van der Waals surface area contributed by atoms with Crippen molar-refractivity contribution in [3.8, 4) is 0 Å². The van der Waals surface area contributed by atoms with Gasteiger partial charge in [0.2, 0.25) is 0 Å². The van der Waals surface area contributed by atoms with Crippen molar-refractivity contribution in [2.24, 2.45) is 0 Å². The molecule has 0 saturated carbocycles. The van der Waals surface area contributed by atoms with E-state index in [2.05, 4.69) is 43.3 Å². The van der Waals surface area contributed by atoms with Gasteiger partial charge in [-0.15, -0.1) is 0 Å². The Bertz CT molecular complexity index is 413. The summed E-state index contributed by atoms with van der Waals surface area (Å²) >= 11 is 0. The maximum absolute atomic E-state index is 5.26. The molecule has 0 unspecified atom stereocenters. The van der Waals surface area contributed by atoms with E-state index >= 15 is 0 Å². The molecule has 2 rings (SSSR count). The number of aryl methyl sites for hydroxylation is 1. The lowest BCUT2D eigenvalue weighted by Crippen LogP contribution is -1.94. The molecule has 15 heavy (non-hydrogen) atoms. The fourth-order valence-electron chi connectivity index (χ4n) is 1.89. The first-order valence-corrected chi connectivity index (χ1v) is 5.31. The summed E-state index contributed by atoms with van der Waals surface area (Å²) in [6.07, 6.45) is 6.46. The van der Waals surface area contributed by atoms with E-state index in [9.17, 15) is 0 Å². The van der Waals surface area contributed by atoms with Crippen LogP contribution in [0.25, 0.3) is 5.57 Å². The molecule has 0 saturated heterocycles. The highest BCUT2D eigenvalue weighted by Crippen LogP contribution is 2.26. The molecule has 0 spiro atoms. The molecule has 0 amide bonds. The third-order valence-electron chi connectivity index (χ3n) is 2.70. The summed E-state index contributed by atoms with van der Waals surface area (Å²) in [5, 5.41) is 0. The summed E-state index contributed by atoms with van der Waals surface area (Å²) in [6.45, 7) is 2.12. The highest BCUT2D eigenvalue weighted by atomic mass is 16.5. The van der Waals surface area contributed by atoms with Crippen molar-refractivity contribution in [3.63, 3.8) is 0 Å². The lowest BCUT2D eigenvalue weighted by molar-refractivity contribution is 0.304. The number of benzene rings is 1. The lowest BCUT2D eigenvalue weighted by atomic mass is 9.96. The van der Waals surface area contributed by atoms with Gasteiger partial charge in [0.15, 0.2) is 0 Å². The van der Waals surface area contributed by atoms with Crippen LogP contribution < -0.4 is 0 Å². The van der Waals surface area contributed by atoms with E-state index in [0.29, 0.717) is 0 Å². The van der Waals surface area contributed by atoms with Crippen LogP contribution in [0.3, 0.4) is 0 Å². The summed E-state index contributed by atoms with van der Waals surface area (Å²) in [7, 11) is 1.72. The number of allylic oxidation sites excluding steroid dienone is 3. The van der Waals surface area contributed by atoms with Crippen LogP contribution in [0.1, 0.15) is 24.0 Å². The zero-order chi connectivity index (χ0) is 10.7. The smallest absolute Gasteiger partial charge is 0.115 e. The summed E-state index contributed by atoms with van der Waals surface area (Å²) in [5.74, 6) is 0.984. The SMILES string of the molecule is COC1=CCCC(c2cccc(C)c2)=C1. The van der Waals surface area contributed by atoms with E-state index in [4.69, 9.17) is 4.74 Å². The van der Waals surface area contributed by atoms with Crippen LogP contribution in [-0.2, 0) is 4.74 Å². The lowest BCUT2D eigenvalue weighted by Gasteiger charge is -2.13. The first kappa shape index (κ1) is 10.0. The second kappa shape index (κ2) is 4.35. The largest absolute Gasteiger partial charge is 0.497 e. The Hall–Kier alpha value is -1.50. The van der Waals surface area contributed by atoms with E-state index in [1.165, 1.54) is 16.7 Å². The van der Waals surface area contributed by atoms with Gasteiger partial charge in [0.05, 0.1) is 7.11 Å². The molecule has 0 aromatic heterocycles. The van der Waals surface area contributed by atoms with Crippen molar-refractivity contribution in [1.29, 1.82) is 0 Å². The van der Waals surface area contributed by atoms with Gasteiger partial charge in [-0.2, -0.15) is 0 Å². The van der Waals surface area contributed by atoms with Crippen LogP contribution in [0.4, 0.5) is 0 Å². The minimum atomic E-state index is 0.984. The number of hydrogen-bond acceptors (Lipinski definition) is 1. The quantitative estimate of drug-likeness (QED) is 0.707. The number of hydrogen-bond donors (Lipinski definition) is 0. The van der Waals surface area contributed by atoms with Gasteiger partial charge in [-0.1, -0.05) is 29.8 Å². The minimum Gasteiger partial charge on any atom is -0.497 e. The van der Waals surface area contributed by atoms with Gasteiger partial charge >= 0.3 is 0 Å². The van der Waals surface area contributed by atoms with Crippen LogP contribution >= 0.6 is 0 Å². The normalized spacial score (nSPS) is 15.6. The zero-order valence-electron chi connectivity index (χ0n) is 9.29. The standard InChI is InChI=1S/C14H16O/c1-11-5-3-6-12(9-11)13-7-4-8-14(10-13)15-2/h3,5-6,8-10H,4,7H2,1-2H3. The van der Waals surface area contributed by atoms with Crippen molar-refractivity contribution in [1.82, 2.24) is 0 Å². The van der Waals surface area contributed by atoms with Crippen molar-refractivity contribution < 1.29 is 4.74 Å². The predicted octanol–water partition coefficient (Wildman–Crippen LogP) is 3.70. The fraction of sp³-hybridized carbons (Fsp3) is 0.286. The molecule has 78 valence electrons. The Morgan fingerprint density at radius 3 is 2.87 bits per heavy atom. The average molecular weight is 200 g/mol. The van der Waals surface area contributed by atoms with Crippen LogP contribution in [0.5, 0.6) is 0 Å². The average Bonchev–Trinajstić information content (AvgIpc) is 2.29. The van der Waals surface area contributed by atoms with Crippen LogP contribution in [0, 0.1) is 6.92 Å². The van der Waals surface area contributed by atoms with E-state index in [1.54, 1.807) is 7.11 Å². The first-order chi connectivity index (χ1) is 7.29. The van der Waals surface area contributed by atoms with E-state index < -0.39 is 0 Å². The Morgan fingerprint density at radius 1 is 1.27 bits per heavy atom. The number of rotatable bonds is 2. The van der Waals surface area contributed by atoms with Gasteiger partial charge in [0.25, 0.3) is 0 Å². The Balaban J connectivity index is 2.31. The monoisotopic (exact) mass is 200 g/mol. The number of methoxy groups -OCH3 is 1. The molecule has 0 N–H and O–H groups in total. The van der Waals surface area contributed by atoms with E-state index in [0.717, 1.165) is 18.6 Å². The minimum absolute atomic E-state index is 0.984. The second-order valence-corrected chi connectivity index (χ2v) is 3.89. The van der Waals surface area contributed by atoms with Crippen LogP contribution in [0.15, 0.2) is 42.2 Å². The topological polar surface area (TPSA) is 9.23 Å². The molecule has 1 aromatic rings. The van der Waals surface area contributed by atoms with E-state index in [-0.39, 0.29) is 0 Å². The Kier molecular flexibility index (Phi) is 2.91. The van der Waals surface area contributed by atoms with Gasteiger partial charge in [0, 0.05) is 0 Å². The van der Waals surface area contributed by atoms with Crippen LogP contribution in [0.2, 0.25) is 0 Å². The third-order valence-corrected chi connectivity index (χ3v) is 2.70. The molecule has 0 bridgehead atoms. The molecular weight excluding hydrogens is 184 g/mol. The summed E-state index contributed by atoms with van der Waals surface area (Å²) in [6, 6.07) is 8.62. The summed E-state index contributed by atoms with van der Waals surface area (Å²) in [5.41, 5.74) is 4.00. The molecule has 1 heteroatoms. The second-order valence-electron chi connectivity index (χ2n) is 3.89. The molecule has 1 aromatic carbocycles. The molecule has 0 aliphatic heterocycles. The van der Waals surface area contributed by atoms with Crippen molar-refractivity contribution in [2.75, 3.05) is 7.11 Å². The molecule has 0 radical (unpaired) electrons. The molecule has 0 atom stereocenters. The van der Waals surface area contributed by atoms with Crippen molar-refractivity contribution in [2.45, 2.75) is 19.8 Å². The Labute approximate surface area is 91.1 Å². The Morgan fingerprint density at radius 2 is 2.13 bits per heavy atom.